The maximum atomic E-state index is 13.2. The van der Waals surface area contributed by atoms with Gasteiger partial charge in [-0.15, -0.1) is 0 Å². The number of ether oxygens (including phenoxy) is 1. The maximum Gasteiger partial charge on any atom is 0.219 e. The highest BCUT2D eigenvalue weighted by Gasteiger charge is 2.16. The predicted octanol–water partition coefficient (Wildman–Crippen LogP) is 2.62. The number of aliphatic hydroxyl groups excluding tert-OH is 1. The van der Waals surface area contributed by atoms with E-state index in [4.69, 9.17) is 4.74 Å². The lowest BCUT2D eigenvalue weighted by molar-refractivity contribution is 0.213. The van der Waals surface area contributed by atoms with Gasteiger partial charge in [0.25, 0.3) is 0 Å². The molecule has 1 aromatic heterocycles. The molecule has 0 fully saturated rings. The summed E-state index contributed by atoms with van der Waals surface area (Å²) in [6.45, 7) is 1.66. The van der Waals surface area contributed by atoms with Gasteiger partial charge in [-0.3, -0.25) is 0 Å². The molecule has 18 heavy (non-hydrogen) atoms. The zero-order chi connectivity index (χ0) is 13.1. The second kappa shape index (κ2) is 5.14. The number of hydrogen-bond donors (Lipinski definition) is 1. The number of nitrogens with zero attached hydrogens (tertiary/aromatic N) is 1. The minimum absolute atomic E-state index is 0.288. The van der Waals surface area contributed by atoms with Crippen molar-refractivity contribution in [2.45, 2.75) is 13.0 Å². The second-order valence-corrected chi connectivity index (χ2v) is 4.01. The number of aromatic nitrogens is 1. The van der Waals surface area contributed by atoms with Crippen LogP contribution in [0.1, 0.15) is 22.8 Å². The standard InChI is InChI=1S/C14H14FNO2/c1-9-8-10(5-6-12(9)15)13(17)11-4-3-7-16-14(11)18-2/h3-8,13,17H,1-2H3. The van der Waals surface area contributed by atoms with E-state index in [9.17, 15) is 9.50 Å². The molecule has 3 nitrogen and oxygen atoms in total. The lowest BCUT2D eigenvalue weighted by Gasteiger charge is -2.14. The number of aryl methyl sites for hydroxylation is 1. The lowest BCUT2D eigenvalue weighted by Crippen LogP contribution is -2.04. The average molecular weight is 247 g/mol. The van der Waals surface area contributed by atoms with Crippen molar-refractivity contribution in [3.63, 3.8) is 0 Å². The smallest absolute Gasteiger partial charge is 0.219 e. The van der Waals surface area contributed by atoms with Crippen LogP contribution in [0.15, 0.2) is 36.5 Å². The van der Waals surface area contributed by atoms with Gasteiger partial charge in [-0.05, 0) is 36.2 Å². The van der Waals surface area contributed by atoms with E-state index in [-0.39, 0.29) is 5.82 Å². The van der Waals surface area contributed by atoms with Gasteiger partial charge in [0.2, 0.25) is 5.88 Å². The zero-order valence-electron chi connectivity index (χ0n) is 10.2. The van der Waals surface area contributed by atoms with E-state index in [0.717, 1.165) is 0 Å². The first-order valence-electron chi connectivity index (χ1n) is 5.56. The van der Waals surface area contributed by atoms with Crippen molar-refractivity contribution in [1.82, 2.24) is 4.98 Å². The van der Waals surface area contributed by atoms with Crippen LogP contribution in [0.5, 0.6) is 5.88 Å². The average Bonchev–Trinajstić information content (AvgIpc) is 2.41. The molecule has 1 atom stereocenters. The molecule has 2 aromatic rings. The first kappa shape index (κ1) is 12.5. The fourth-order valence-electron chi connectivity index (χ4n) is 1.80. The first-order chi connectivity index (χ1) is 8.63. The number of methoxy groups -OCH3 is 1. The number of benzene rings is 1. The summed E-state index contributed by atoms with van der Waals surface area (Å²) in [5, 5.41) is 10.3. The highest BCUT2D eigenvalue weighted by Crippen LogP contribution is 2.28. The van der Waals surface area contributed by atoms with Crippen LogP contribution in [-0.2, 0) is 0 Å². The summed E-state index contributed by atoms with van der Waals surface area (Å²) in [5.74, 6) is 0.0797. The number of hydrogen-bond acceptors (Lipinski definition) is 3. The molecular weight excluding hydrogens is 233 g/mol. The molecule has 0 saturated heterocycles. The molecule has 1 unspecified atom stereocenters. The lowest BCUT2D eigenvalue weighted by atomic mass is 10.0. The van der Waals surface area contributed by atoms with Gasteiger partial charge in [-0.25, -0.2) is 9.37 Å². The Morgan fingerprint density at radius 2 is 2.11 bits per heavy atom. The Hall–Kier alpha value is -1.94. The fourth-order valence-corrected chi connectivity index (χ4v) is 1.80. The number of halogens is 1. The molecule has 1 aromatic carbocycles. The summed E-state index contributed by atoms with van der Waals surface area (Å²) in [6, 6.07) is 7.97. The summed E-state index contributed by atoms with van der Waals surface area (Å²) < 4.78 is 18.3. The predicted molar refractivity (Wildman–Crippen MR) is 66.0 cm³/mol. The van der Waals surface area contributed by atoms with Crippen LogP contribution in [0.2, 0.25) is 0 Å². The quantitative estimate of drug-likeness (QED) is 0.906. The molecule has 0 aliphatic carbocycles. The Morgan fingerprint density at radius 3 is 2.78 bits per heavy atom. The molecule has 94 valence electrons. The van der Waals surface area contributed by atoms with E-state index in [1.54, 1.807) is 37.4 Å². The Labute approximate surface area is 105 Å². The van der Waals surface area contributed by atoms with Crippen LogP contribution in [0.4, 0.5) is 4.39 Å². The fraction of sp³-hybridized carbons (Fsp3) is 0.214. The third kappa shape index (κ3) is 2.33. The Balaban J connectivity index is 2.41. The maximum absolute atomic E-state index is 13.2. The largest absolute Gasteiger partial charge is 0.481 e. The van der Waals surface area contributed by atoms with Crippen LogP contribution >= 0.6 is 0 Å². The summed E-state index contributed by atoms with van der Waals surface area (Å²) >= 11 is 0. The molecule has 0 spiro atoms. The van der Waals surface area contributed by atoms with Crippen LogP contribution in [0.3, 0.4) is 0 Å². The first-order valence-corrected chi connectivity index (χ1v) is 5.56. The topological polar surface area (TPSA) is 42.4 Å². The molecule has 4 heteroatoms. The summed E-state index contributed by atoms with van der Waals surface area (Å²) in [6.07, 6.45) is 0.707. The normalized spacial score (nSPS) is 12.2. The molecule has 0 amide bonds. The number of aliphatic hydroxyl groups is 1. The van der Waals surface area contributed by atoms with Gasteiger partial charge >= 0.3 is 0 Å². The minimum Gasteiger partial charge on any atom is -0.481 e. The molecule has 1 N–H and O–H groups in total. The van der Waals surface area contributed by atoms with Gasteiger partial charge in [-0.1, -0.05) is 12.1 Å². The molecule has 0 aliphatic heterocycles. The SMILES string of the molecule is COc1ncccc1C(O)c1ccc(F)c(C)c1. The summed E-state index contributed by atoms with van der Waals surface area (Å²) in [7, 11) is 1.49. The van der Waals surface area contributed by atoms with Crippen molar-refractivity contribution < 1.29 is 14.2 Å². The van der Waals surface area contributed by atoms with Crippen molar-refractivity contribution in [2.75, 3.05) is 7.11 Å². The van der Waals surface area contributed by atoms with Gasteiger partial charge in [0.05, 0.1) is 7.11 Å². The number of pyridine rings is 1. The van der Waals surface area contributed by atoms with Crippen LogP contribution in [0, 0.1) is 12.7 Å². The molecule has 0 bridgehead atoms. The van der Waals surface area contributed by atoms with Crippen molar-refractivity contribution in [3.8, 4) is 5.88 Å². The van der Waals surface area contributed by atoms with E-state index >= 15 is 0 Å². The third-order valence-electron chi connectivity index (χ3n) is 2.79. The molecule has 0 radical (unpaired) electrons. The minimum atomic E-state index is -0.882. The van der Waals surface area contributed by atoms with E-state index in [1.807, 2.05) is 0 Å². The molecule has 0 saturated carbocycles. The third-order valence-corrected chi connectivity index (χ3v) is 2.79. The number of rotatable bonds is 3. The molecule has 0 aliphatic rings. The summed E-state index contributed by atoms with van der Waals surface area (Å²) in [4.78, 5) is 4.03. The van der Waals surface area contributed by atoms with Crippen molar-refractivity contribution in [3.05, 3.63) is 59.0 Å². The van der Waals surface area contributed by atoms with E-state index in [2.05, 4.69) is 4.98 Å². The Kier molecular flexibility index (Phi) is 3.58. The van der Waals surface area contributed by atoms with E-state index in [1.165, 1.54) is 13.2 Å². The van der Waals surface area contributed by atoms with Crippen LogP contribution < -0.4 is 4.74 Å². The zero-order valence-corrected chi connectivity index (χ0v) is 10.2. The Bertz CT molecular complexity index is 557. The van der Waals surface area contributed by atoms with Crippen molar-refractivity contribution in [2.24, 2.45) is 0 Å². The van der Waals surface area contributed by atoms with E-state index < -0.39 is 6.10 Å². The van der Waals surface area contributed by atoms with Gasteiger partial charge < -0.3 is 9.84 Å². The molecule has 1 heterocycles. The van der Waals surface area contributed by atoms with Crippen LogP contribution in [0.25, 0.3) is 0 Å². The van der Waals surface area contributed by atoms with Crippen molar-refractivity contribution >= 4 is 0 Å². The van der Waals surface area contributed by atoms with Gasteiger partial charge in [-0.2, -0.15) is 0 Å². The highest BCUT2D eigenvalue weighted by atomic mass is 19.1. The summed E-state index contributed by atoms with van der Waals surface area (Å²) in [5.41, 5.74) is 1.67. The highest BCUT2D eigenvalue weighted by molar-refractivity contribution is 5.37. The monoisotopic (exact) mass is 247 g/mol. The van der Waals surface area contributed by atoms with Gasteiger partial charge in [0, 0.05) is 11.8 Å². The van der Waals surface area contributed by atoms with Gasteiger partial charge in [0.15, 0.2) is 0 Å². The van der Waals surface area contributed by atoms with Gasteiger partial charge in [0.1, 0.15) is 11.9 Å². The van der Waals surface area contributed by atoms with E-state index in [0.29, 0.717) is 22.6 Å². The Morgan fingerprint density at radius 1 is 1.33 bits per heavy atom. The molecular formula is C14H14FNO2. The van der Waals surface area contributed by atoms with Crippen LogP contribution in [-0.4, -0.2) is 17.2 Å². The van der Waals surface area contributed by atoms with Crippen molar-refractivity contribution in [1.29, 1.82) is 0 Å². The second-order valence-electron chi connectivity index (χ2n) is 4.01. The molecule has 2 rings (SSSR count).